The zero-order valence-corrected chi connectivity index (χ0v) is 46.5. The zero-order chi connectivity index (χ0) is 53.3. The molecule has 422 valence electrons. The number of aliphatic hydroxyl groups excluding tert-OH is 5. The maximum atomic E-state index is 13.3. The number of aliphatic hydroxyl groups is 5. The Labute approximate surface area is 445 Å². The molecule has 0 spiro atoms. The molecule has 1 rings (SSSR count). The van der Waals surface area contributed by atoms with Gasteiger partial charge < -0.3 is 45.1 Å². The summed E-state index contributed by atoms with van der Waals surface area (Å²) in [5.74, 6) is -1.22. The molecule has 1 aliphatic heterocycles. The van der Waals surface area contributed by atoms with E-state index in [2.05, 4.69) is 86.8 Å². The predicted octanol–water partition coefficient (Wildman–Crippen LogP) is 13.6. The molecule has 11 heteroatoms. The van der Waals surface area contributed by atoms with Gasteiger partial charge in [-0.3, -0.25) is 9.59 Å². The largest absolute Gasteiger partial charge is 0.454 e. The number of rotatable bonds is 49. The highest BCUT2D eigenvalue weighted by atomic mass is 16.7. The molecule has 1 amide bonds. The first-order chi connectivity index (χ1) is 35.7. The molecule has 1 fully saturated rings. The standard InChI is InChI=1S/C62H109NO10/c1-4-7-10-13-16-19-22-24-25-26-27-28-29-30-31-33-35-38-41-44-47-50-57(67)73-60-59(69)58(68)56(51-64)72-62(60)71-52-53(54(65)48-45-42-39-37-34-32-23-20-17-14-11-8-5-2)63-61(70)55(66)49-46-43-40-36-21-18-15-12-9-6-3/h7,10,16,19,24-25,27-28,30-31,45,48,53-56,58-60,62,64-66,68-69H,4-6,8-9,11-15,17-18,20-23,26,29,32-44,46-47,49-52H2,1-3H3,(H,63,70)/b10-7-,19-16-,25-24-,28-27-,31-30-,48-45+. The molecule has 0 aromatic heterocycles. The summed E-state index contributed by atoms with van der Waals surface area (Å²) >= 11 is 0. The third kappa shape index (κ3) is 38.3. The van der Waals surface area contributed by atoms with E-state index in [1.54, 1.807) is 6.08 Å². The van der Waals surface area contributed by atoms with Crippen molar-refractivity contribution in [3.05, 3.63) is 72.9 Å². The van der Waals surface area contributed by atoms with Gasteiger partial charge in [0.05, 0.1) is 25.4 Å². The molecule has 8 unspecified atom stereocenters. The van der Waals surface area contributed by atoms with Crippen LogP contribution in [0.25, 0.3) is 0 Å². The molecular formula is C62H109NO10. The van der Waals surface area contributed by atoms with Crippen molar-refractivity contribution in [2.75, 3.05) is 13.2 Å². The Balaban J connectivity index is 2.69. The van der Waals surface area contributed by atoms with E-state index < -0.39 is 67.4 Å². The molecule has 0 saturated carbocycles. The van der Waals surface area contributed by atoms with Crippen LogP contribution in [0, 0.1) is 0 Å². The van der Waals surface area contributed by atoms with Crippen LogP contribution >= 0.6 is 0 Å². The Kier molecular flexibility index (Phi) is 46.6. The number of amides is 1. The first kappa shape index (κ1) is 68.1. The Morgan fingerprint density at radius 1 is 0.548 bits per heavy atom. The van der Waals surface area contributed by atoms with E-state index in [1.807, 2.05) is 6.08 Å². The van der Waals surface area contributed by atoms with E-state index in [4.69, 9.17) is 14.2 Å². The van der Waals surface area contributed by atoms with Crippen LogP contribution < -0.4 is 5.32 Å². The predicted molar refractivity (Wildman–Crippen MR) is 301 cm³/mol. The SMILES string of the molecule is CC/C=C\C/C=C\C/C=C\C/C=C\C/C=C\CCCCCCCC(=O)OC1C(OCC(NC(=O)C(O)CCCCCCCCCCCC)C(O)/C=C/CCCCCCCCCCCCC)OC(CO)C(O)C1O. The number of hydrogen-bond donors (Lipinski definition) is 6. The second-order valence-corrected chi connectivity index (χ2v) is 20.4. The molecule has 8 atom stereocenters. The van der Waals surface area contributed by atoms with Gasteiger partial charge in [-0.2, -0.15) is 0 Å². The van der Waals surface area contributed by atoms with Crippen LogP contribution in [-0.4, -0.2) is 99.6 Å². The average molecular weight is 1030 g/mol. The number of carbonyl (C=O) groups is 2. The minimum absolute atomic E-state index is 0.0997. The first-order valence-corrected chi connectivity index (χ1v) is 29.7. The van der Waals surface area contributed by atoms with Crippen molar-refractivity contribution in [3.63, 3.8) is 0 Å². The molecule has 0 aromatic carbocycles. The molecule has 6 N–H and O–H groups in total. The van der Waals surface area contributed by atoms with Crippen molar-refractivity contribution in [2.45, 2.75) is 294 Å². The van der Waals surface area contributed by atoms with Gasteiger partial charge in [0.25, 0.3) is 0 Å². The van der Waals surface area contributed by atoms with Gasteiger partial charge >= 0.3 is 5.97 Å². The molecule has 11 nitrogen and oxygen atoms in total. The van der Waals surface area contributed by atoms with E-state index in [-0.39, 0.29) is 19.4 Å². The smallest absolute Gasteiger partial charge is 0.306 e. The van der Waals surface area contributed by atoms with Gasteiger partial charge in [-0.05, 0) is 70.6 Å². The summed E-state index contributed by atoms with van der Waals surface area (Å²) in [6, 6.07) is -1.03. The van der Waals surface area contributed by atoms with E-state index in [0.29, 0.717) is 12.8 Å². The van der Waals surface area contributed by atoms with Crippen LogP contribution in [0.4, 0.5) is 0 Å². The fourth-order valence-corrected chi connectivity index (χ4v) is 8.91. The maximum absolute atomic E-state index is 13.3. The van der Waals surface area contributed by atoms with E-state index in [9.17, 15) is 35.1 Å². The monoisotopic (exact) mass is 1030 g/mol. The summed E-state index contributed by atoms with van der Waals surface area (Å²) in [6.07, 6.45) is 52.3. The van der Waals surface area contributed by atoms with Crippen molar-refractivity contribution in [1.82, 2.24) is 5.32 Å². The molecule has 0 radical (unpaired) electrons. The van der Waals surface area contributed by atoms with Gasteiger partial charge in [0.2, 0.25) is 5.91 Å². The van der Waals surface area contributed by atoms with E-state index in [1.165, 1.54) is 96.3 Å². The normalized spacial score (nSPS) is 19.9. The number of ether oxygens (including phenoxy) is 3. The van der Waals surface area contributed by atoms with Crippen molar-refractivity contribution >= 4 is 11.9 Å². The van der Waals surface area contributed by atoms with Crippen LogP contribution in [0.3, 0.4) is 0 Å². The zero-order valence-electron chi connectivity index (χ0n) is 46.5. The van der Waals surface area contributed by atoms with Crippen molar-refractivity contribution in [2.24, 2.45) is 0 Å². The molecule has 1 saturated heterocycles. The Morgan fingerprint density at radius 2 is 0.986 bits per heavy atom. The van der Waals surface area contributed by atoms with Crippen molar-refractivity contribution in [3.8, 4) is 0 Å². The second-order valence-electron chi connectivity index (χ2n) is 20.4. The number of esters is 1. The second kappa shape index (κ2) is 49.9. The number of nitrogens with one attached hydrogen (secondary N) is 1. The molecule has 73 heavy (non-hydrogen) atoms. The summed E-state index contributed by atoms with van der Waals surface area (Å²) in [6.45, 7) is 5.64. The van der Waals surface area contributed by atoms with Crippen LogP contribution in [0.2, 0.25) is 0 Å². The lowest BCUT2D eigenvalue weighted by molar-refractivity contribution is -0.305. The minimum atomic E-state index is -1.62. The molecule has 1 aliphatic rings. The van der Waals surface area contributed by atoms with Gasteiger partial charge in [-0.25, -0.2) is 0 Å². The lowest BCUT2D eigenvalue weighted by Crippen LogP contribution is -2.61. The molecular weight excluding hydrogens is 919 g/mol. The number of unbranched alkanes of at least 4 members (excludes halogenated alkanes) is 25. The summed E-state index contributed by atoms with van der Waals surface area (Å²) in [7, 11) is 0. The molecule has 0 aromatic rings. The third-order valence-electron chi connectivity index (χ3n) is 13.6. The highest BCUT2D eigenvalue weighted by molar-refractivity contribution is 5.80. The third-order valence-corrected chi connectivity index (χ3v) is 13.6. The summed E-state index contributed by atoms with van der Waals surface area (Å²) in [5, 5.41) is 56.8. The van der Waals surface area contributed by atoms with E-state index >= 15 is 0 Å². The number of carbonyl (C=O) groups excluding carboxylic acids is 2. The summed E-state index contributed by atoms with van der Waals surface area (Å²) in [4.78, 5) is 26.4. The number of hydrogen-bond acceptors (Lipinski definition) is 10. The lowest BCUT2D eigenvalue weighted by atomic mass is 9.99. The van der Waals surface area contributed by atoms with Crippen LogP contribution in [0.15, 0.2) is 72.9 Å². The summed E-state index contributed by atoms with van der Waals surface area (Å²) < 4.78 is 17.6. The molecule has 1 heterocycles. The van der Waals surface area contributed by atoms with Gasteiger partial charge in [-0.15, -0.1) is 0 Å². The van der Waals surface area contributed by atoms with Crippen molar-refractivity contribution < 1.29 is 49.3 Å². The van der Waals surface area contributed by atoms with Crippen LogP contribution in [-0.2, 0) is 23.8 Å². The summed E-state index contributed by atoms with van der Waals surface area (Å²) in [5.41, 5.74) is 0. The molecule has 0 bridgehead atoms. The fraction of sp³-hybridized carbons (Fsp3) is 0.774. The quantitative estimate of drug-likeness (QED) is 0.0195. The Hall–Kier alpha value is -2.90. The number of allylic oxidation sites excluding steroid dienone is 11. The lowest BCUT2D eigenvalue weighted by Gasteiger charge is -2.41. The highest BCUT2D eigenvalue weighted by Crippen LogP contribution is 2.26. The maximum Gasteiger partial charge on any atom is 0.306 e. The topological polar surface area (TPSA) is 175 Å². The fourth-order valence-electron chi connectivity index (χ4n) is 8.91. The minimum Gasteiger partial charge on any atom is -0.454 e. The molecule has 0 aliphatic carbocycles. The van der Waals surface area contributed by atoms with Crippen LogP contribution in [0.5, 0.6) is 0 Å². The van der Waals surface area contributed by atoms with Gasteiger partial charge in [0.15, 0.2) is 12.4 Å². The Morgan fingerprint density at radius 3 is 1.48 bits per heavy atom. The first-order valence-electron chi connectivity index (χ1n) is 29.7. The Bertz CT molecular complexity index is 1460. The van der Waals surface area contributed by atoms with E-state index in [0.717, 1.165) is 103 Å². The highest BCUT2D eigenvalue weighted by Gasteiger charge is 2.47. The van der Waals surface area contributed by atoms with Crippen LogP contribution in [0.1, 0.15) is 245 Å². The van der Waals surface area contributed by atoms with Gasteiger partial charge in [-0.1, -0.05) is 241 Å². The van der Waals surface area contributed by atoms with Gasteiger partial charge in [0, 0.05) is 6.42 Å². The van der Waals surface area contributed by atoms with Gasteiger partial charge in [0.1, 0.15) is 24.4 Å². The average Bonchev–Trinajstić information content (AvgIpc) is 3.39. The van der Waals surface area contributed by atoms with Crippen molar-refractivity contribution in [1.29, 1.82) is 0 Å².